The van der Waals surface area contributed by atoms with Gasteiger partial charge in [0.1, 0.15) is 0 Å². The number of benzene rings is 3. The summed E-state index contributed by atoms with van der Waals surface area (Å²) in [5, 5.41) is 16.3. The molecule has 2 aliphatic rings. The maximum atomic E-state index is 13.3. The number of hydrogen-bond donors (Lipinski definition) is 3. The van der Waals surface area contributed by atoms with E-state index in [1.54, 1.807) is 18.2 Å². The van der Waals surface area contributed by atoms with Crippen molar-refractivity contribution in [3.63, 3.8) is 0 Å². The first-order valence-electron chi connectivity index (χ1n) is 13.5. The average molecular weight is 512 g/mol. The zero-order valence-corrected chi connectivity index (χ0v) is 22.4. The molecule has 0 spiro atoms. The van der Waals surface area contributed by atoms with Crippen LogP contribution >= 0.6 is 0 Å². The number of amides is 1. The third kappa shape index (κ3) is 5.69. The van der Waals surface area contributed by atoms with Crippen molar-refractivity contribution < 1.29 is 14.7 Å². The van der Waals surface area contributed by atoms with E-state index in [9.17, 15) is 14.7 Å². The smallest absolute Gasteiger partial charge is 0.337 e. The summed E-state index contributed by atoms with van der Waals surface area (Å²) in [5.41, 5.74) is 3.99. The minimum absolute atomic E-state index is 0.0155. The van der Waals surface area contributed by atoms with E-state index in [1.165, 1.54) is 19.3 Å². The molecule has 1 amide bonds. The van der Waals surface area contributed by atoms with Crippen molar-refractivity contribution in [2.75, 3.05) is 17.3 Å². The molecule has 2 saturated carbocycles. The van der Waals surface area contributed by atoms with Crippen molar-refractivity contribution in [1.82, 2.24) is 5.32 Å². The molecule has 0 aromatic heterocycles. The first-order valence-corrected chi connectivity index (χ1v) is 13.5. The van der Waals surface area contributed by atoms with Crippen molar-refractivity contribution in [3.8, 4) is 0 Å². The fourth-order valence-corrected chi connectivity index (χ4v) is 6.80. The van der Waals surface area contributed by atoms with E-state index in [2.05, 4.69) is 24.5 Å². The second kappa shape index (κ2) is 10.5. The fraction of sp³-hybridized carbons (Fsp3) is 0.375. The molecule has 3 aromatic carbocycles. The third-order valence-corrected chi connectivity index (χ3v) is 8.20. The Balaban J connectivity index is 1.25. The van der Waals surface area contributed by atoms with Gasteiger partial charge in [-0.3, -0.25) is 4.79 Å². The number of nitrogens with one attached hydrogen (secondary N) is 2. The van der Waals surface area contributed by atoms with Crippen LogP contribution in [0.2, 0.25) is 0 Å². The molecular weight excluding hydrogens is 474 g/mol. The molecule has 2 atom stereocenters. The first-order chi connectivity index (χ1) is 18.2. The standard InChI is InChI=1S/C32H37N3O3/c1-21-15-22-17-23(16-21)20-32(2,19-22)34-30(36)24-7-6-8-26(18-24)33-25-11-13-27(14-12-25)35(3)29-10-5-4-9-28(29)31(37)38/h4-14,18,21-23,33H,15-17,19-20H2,1-3H3,(H,34,36)(H,37,38). The molecule has 2 fully saturated rings. The molecule has 2 aliphatic carbocycles. The molecule has 6 nitrogen and oxygen atoms in total. The maximum absolute atomic E-state index is 13.3. The van der Waals surface area contributed by atoms with Gasteiger partial charge >= 0.3 is 5.97 Å². The molecule has 0 heterocycles. The van der Waals surface area contributed by atoms with E-state index >= 15 is 0 Å². The summed E-state index contributed by atoms with van der Waals surface area (Å²) in [6.07, 6.45) is 6.00. The highest BCUT2D eigenvalue weighted by atomic mass is 16.4. The molecule has 0 aliphatic heterocycles. The summed E-state index contributed by atoms with van der Waals surface area (Å²) in [4.78, 5) is 26.7. The number of rotatable bonds is 7. The van der Waals surface area contributed by atoms with Crippen LogP contribution in [0.4, 0.5) is 22.7 Å². The van der Waals surface area contributed by atoms with E-state index in [0.29, 0.717) is 11.3 Å². The monoisotopic (exact) mass is 511 g/mol. The number of nitrogens with zero attached hydrogens (tertiary/aromatic N) is 1. The lowest BCUT2D eigenvalue weighted by Gasteiger charge is -2.47. The lowest BCUT2D eigenvalue weighted by Crippen LogP contribution is -2.52. The van der Waals surface area contributed by atoms with Crippen molar-refractivity contribution in [3.05, 3.63) is 83.9 Å². The van der Waals surface area contributed by atoms with Gasteiger partial charge in [0.2, 0.25) is 0 Å². The lowest BCUT2D eigenvalue weighted by molar-refractivity contribution is 0.0614. The molecule has 6 heteroatoms. The van der Waals surface area contributed by atoms with Gasteiger partial charge in [-0.05, 0) is 111 Å². The van der Waals surface area contributed by atoms with E-state index in [-0.39, 0.29) is 17.0 Å². The van der Waals surface area contributed by atoms with Crippen LogP contribution in [0.15, 0.2) is 72.8 Å². The zero-order valence-electron chi connectivity index (χ0n) is 22.4. The lowest BCUT2D eigenvalue weighted by atomic mass is 9.62. The second-order valence-corrected chi connectivity index (χ2v) is 11.6. The molecule has 2 bridgehead atoms. The van der Waals surface area contributed by atoms with E-state index in [1.807, 2.05) is 66.5 Å². The highest BCUT2D eigenvalue weighted by Crippen LogP contribution is 2.46. The first kappa shape index (κ1) is 25.8. The summed E-state index contributed by atoms with van der Waals surface area (Å²) >= 11 is 0. The number of fused-ring (bicyclic) bond motifs is 2. The van der Waals surface area contributed by atoms with Crippen LogP contribution in [0.1, 0.15) is 66.7 Å². The van der Waals surface area contributed by atoms with Crippen LogP contribution in [0.5, 0.6) is 0 Å². The molecule has 3 N–H and O–H groups in total. The number of hydrogen-bond acceptors (Lipinski definition) is 4. The molecular formula is C32H37N3O3. The Hall–Kier alpha value is -3.80. The molecule has 38 heavy (non-hydrogen) atoms. The zero-order chi connectivity index (χ0) is 26.9. The van der Waals surface area contributed by atoms with Gasteiger partial charge in [0, 0.05) is 35.2 Å². The number of carbonyl (C=O) groups is 2. The molecule has 198 valence electrons. The normalized spacial score (nSPS) is 24.3. The molecule has 3 aromatic rings. The Kier molecular flexibility index (Phi) is 7.15. The number of aromatic carboxylic acids is 1. The Labute approximate surface area is 225 Å². The van der Waals surface area contributed by atoms with Gasteiger partial charge in [-0.25, -0.2) is 4.79 Å². The minimum atomic E-state index is -0.954. The highest BCUT2D eigenvalue weighted by molar-refractivity contribution is 5.96. The van der Waals surface area contributed by atoms with Crippen LogP contribution in [0.25, 0.3) is 0 Å². The van der Waals surface area contributed by atoms with E-state index in [0.717, 1.165) is 47.7 Å². The Morgan fingerprint density at radius 2 is 1.58 bits per heavy atom. The minimum Gasteiger partial charge on any atom is -0.478 e. The van der Waals surface area contributed by atoms with Crippen molar-refractivity contribution in [2.45, 2.75) is 51.5 Å². The predicted molar refractivity (Wildman–Crippen MR) is 153 cm³/mol. The topological polar surface area (TPSA) is 81.7 Å². The second-order valence-electron chi connectivity index (χ2n) is 11.6. The van der Waals surface area contributed by atoms with Crippen LogP contribution < -0.4 is 15.5 Å². The average Bonchev–Trinajstić information content (AvgIpc) is 2.87. The van der Waals surface area contributed by atoms with E-state index in [4.69, 9.17) is 0 Å². The van der Waals surface area contributed by atoms with Crippen molar-refractivity contribution in [1.29, 1.82) is 0 Å². The van der Waals surface area contributed by atoms with Gasteiger partial charge in [-0.2, -0.15) is 0 Å². The maximum Gasteiger partial charge on any atom is 0.337 e. The molecule has 2 unspecified atom stereocenters. The van der Waals surface area contributed by atoms with Gasteiger partial charge in [-0.1, -0.05) is 25.1 Å². The SMILES string of the molecule is CC1CC2CC(C1)CC(C)(NC(=O)c1cccc(Nc3ccc(N(C)c4ccccc4C(=O)O)cc3)c1)C2. The van der Waals surface area contributed by atoms with Gasteiger partial charge in [-0.15, -0.1) is 0 Å². The molecule has 0 radical (unpaired) electrons. The highest BCUT2D eigenvalue weighted by Gasteiger charge is 2.41. The largest absolute Gasteiger partial charge is 0.478 e. The number of carboxylic acid groups (broad SMARTS) is 1. The summed E-state index contributed by atoms with van der Waals surface area (Å²) in [7, 11) is 1.85. The number of carbonyl (C=O) groups excluding carboxylic acids is 1. The van der Waals surface area contributed by atoms with Gasteiger partial charge in [0.05, 0.1) is 11.3 Å². The number of anilines is 4. The predicted octanol–water partition coefficient (Wildman–Crippen LogP) is 7.23. The summed E-state index contributed by atoms with van der Waals surface area (Å²) in [5.74, 6) is 1.27. The van der Waals surface area contributed by atoms with Crippen LogP contribution in [0.3, 0.4) is 0 Å². The van der Waals surface area contributed by atoms with Crippen LogP contribution in [0, 0.1) is 17.8 Å². The van der Waals surface area contributed by atoms with Gasteiger partial charge in [0.25, 0.3) is 5.91 Å². The quantitative estimate of drug-likeness (QED) is 0.312. The van der Waals surface area contributed by atoms with Gasteiger partial charge in [0.15, 0.2) is 0 Å². The van der Waals surface area contributed by atoms with Crippen LogP contribution in [-0.2, 0) is 0 Å². The summed E-state index contributed by atoms with van der Waals surface area (Å²) in [6, 6.07) is 22.4. The Bertz CT molecular complexity index is 1300. The van der Waals surface area contributed by atoms with Crippen molar-refractivity contribution >= 4 is 34.6 Å². The fourth-order valence-electron chi connectivity index (χ4n) is 6.80. The third-order valence-electron chi connectivity index (χ3n) is 8.20. The Morgan fingerprint density at radius 3 is 2.26 bits per heavy atom. The number of carboxylic acids is 1. The summed E-state index contributed by atoms with van der Waals surface area (Å²) in [6.45, 7) is 4.58. The van der Waals surface area contributed by atoms with Crippen LogP contribution in [-0.4, -0.2) is 29.6 Å². The van der Waals surface area contributed by atoms with E-state index < -0.39 is 5.97 Å². The Morgan fingerprint density at radius 1 is 0.895 bits per heavy atom. The van der Waals surface area contributed by atoms with Gasteiger partial charge < -0.3 is 20.6 Å². The van der Waals surface area contributed by atoms with Crippen molar-refractivity contribution in [2.24, 2.45) is 17.8 Å². The number of para-hydroxylation sites is 1. The molecule has 0 saturated heterocycles. The summed E-state index contributed by atoms with van der Waals surface area (Å²) < 4.78 is 0. The molecule has 5 rings (SSSR count).